The van der Waals surface area contributed by atoms with Gasteiger partial charge >= 0.3 is 0 Å². The maximum absolute atomic E-state index is 12.7. The van der Waals surface area contributed by atoms with Gasteiger partial charge in [0.15, 0.2) is 0 Å². The Morgan fingerprint density at radius 3 is 2.72 bits per heavy atom. The van der Waals surface area contributed by atoms with Gasteiger partial charge in [-0.3, -0.25) is 19.0 Å². The van der Waals surface area contributed by atoms with Gasteiger partial charge in [-0.15, -0.1) is 0 Å². The largest absolute Gasteiger partial charge is 0.442 e. The molecule has 0 aliphatic carbocycles. The maximum Gasteiger partial charge on any atom is 0.265 e. The van der Waals surface area contributed by atoms with Crippen LogP contribution in [-0.4, -0.2) is 21.4 Å². The number of nitrogens with zero attached hydrogens (tertiary/aromatic N) is 2. The number of benzene rings is 1. The monoisotopic (exact) mass is 340 g/mol. The number of nitrogens with two attached hydrogens (primary N) is 1. The predicted octanol–water partition coefficient (Wildman–Crippen LogP) is 1.67. The van der Waals surface area contributed by atoms with Crippen molar-refractivity contribution in [3.63, 3.8) is 0 Å². The molecule has 3 aromatic rings. The topological polar surface area (TPSA) is 120 Å². The van der Waals surface area contributed by atoms with Crippen LogP contribution in [0, 0.1) is 6.92 Å². The minimum Gasteiger partial charge on any atom is -0.442 e. The number of primary amides is 1. The molecule has 1 aromatic carbocycles. The number of carbonyl (C=O) groups is 2. The number of carbonyl (C=O) groups excluding carboxylic acids is 2. The lowest BCUT2D eigenvalue weighted by Gasteiger charge is -2.08. The Balaban J connectivity index is 2.11. The van der Waals surface area contributed by atoms with Crippen LogP contribution in [-0.2, 0) is 6.54 Å². The molecule has 2 aromatic heterocycles. The van der Waals surface area contributed by atoms with Gasteiger partial charge in [-0.05, 0) is 26.0 Å². The Hall–Kier alpha value is -3.42. The first-order valence-electron chi connectivity index (χ1n) is 7.62. The lowest BCUT2D eigenvalue weighted by Crippen LogP contribution is -2.23. The number of nitrogens with one attached hydrogen (secondary N) is 1. The fourth-order valence-electron chi connectivity index (χ4n) is 2.63. The molecule has 0 radical (unpaired) electrons. The van der Waals surface area contributed by atoms with Crippen molar-refractivity contribution in [2.24, 2.45) is 5.73 Å². The van der Waals surface area contributed by atoms with Crippen LogP contribution in [0.15, 0.2) is 39.8 Å². The van der Waals surface area contributed by atoms with E-state index in [9.17, 15) is 14.4 Å². The Bertz CT molecular complexity index is 1050. The predicted molar refractivity (Wildman–Crippen MR) is 91.6 cm³/mol. The zero-order valence-electron chi connectivity index (χ0n) is 13.7. The van der Waals surface area contributed by atoms with E-state index in [4.69, 9.17) is 10.2 Å². The molecule has 8 nitrogen and oxygen atoms in total. The van der Waals surface area contributed by atoms with Gasteiger partial charge in [0.1, 0.15) is 17.5 Å². The van der Waals surface area contributed by atoms with Crippen LogP contribution in [0.25, 0.3) is 11.1 Å². The molecule has 3 N–H and O–H groups in total. The first-order valence-corrected chi connectivity index (χ1v) is 7.62. The van der Waals surface area contributed by atoms with E-state index in [1.54, 1.807) is 32.0 Å². The van der Waals surface area contributed by atoms with Crippen LogP contribution in [0.5, 0.6) is 0 Å². The summed E-state index contributed by atoms with van der Waals surface area (Å²) in [7, 11) is 0. The number of furan rings is 1. The Morgan fingerprint density at radius 2 is 2.04 bits per heavy atom. The third kappa shape index (κ3) is 2.78. The summed E-state index contributed by atoms with van der Waals surface area (Å²) in [5.74, 6) is -0.972. The van der Waals surface area contributed by atoms with Gasteiger partial charge in [-0.1, -0.05) is 12.1 Å². The molecule has 3 rings (SSSR count). The average molecular weight is 340 g/mol. The number of aryl methyl sites for hydroxylation is 2. The fourth-order valence-corrected chi connectivity index (χ4v) is 2.63. The highest BCUT2D eigenvalue weighted by Gasteiger charge is 2.23. The molecular weight excluding hydrogens is 324 g/mol. The first-order chi connectivity index (χ1) is 11.9. The fraction of sp³-hybridized carbons (Fsp3) is 0.176. The zero-order chi connectivity index (χ0) is 18.1. The van der Waals surface area contributed by atoms with Crippen LogP contribution in [0.3, 0.4) is 0 Å². The van der Waals surface area contributed by atoms with E-state index in [2.05, 4.69) is 10.3 Å². The molecule has 0 fully saturated rings. The third-order valence-electron chi connectivity index (χ3n) is 3.86. The van der Waals surface area contributed by atoms with Crippen molar-refractivity contribution in [3.05, 3.63) is 57.8 Å². The van der Waals surface area contributed by atoms with Crippen molar-refractivity contribution in [2.75, 3.05) is 5.32 Å². The average Bonchev–Trinajstić information content (AvgIpc) is 2.92. The zero-order valence-corrected chi connectivity index (χ0v) is 13.7. The first kappa shape index (κ1) is 16.4. The molecular formula is C17H16N4O4. The molecule has 25 heavy (non-hydrogen) atoms. The van der Waals surface area contributed by atoms with Crippen molar-refractivity contribution < 1.29 is 14.0 Å². The van der Waals surface area contributed by atoms with E-state index in [1.165, 1.54) is 17.0 Å². The molecule has 8 heteroatoms. The molecule has 0 bridgehead atoms. The smallest absolute Gasteiger partial charge is 0.265 e. The van der Waals surface area contributed by atoms with Gasteiger partial charge in [-0.2, -0.15) is 0 Å². The summed E-state index contributed by atoms with van der Waals surface area (Å²) < 4.78 is 6.82. The molecule has 0 aliphatic rings. The Kier molecular flexibility index (Phi) is 4.10. The van der Waals surface area contributed by atoms with Gasteiger partial charge in [0.05, 0.1) is 16.8 Å². The highest BCUT2D eigenvalue weighted by Crippen LogP contribution is 2.23. The molecule has 0 unspecified atom stereocenters. The lowest BCUT2D eigenvalue weighted by atomic mass is 10.1. The number of anilines is 1. The van der Waals surface area contributed by atoms with E-state index < -0.39 is 11.8 Å². The van der Waals surface area contributed by atoms with Gasteiger partial charge in [0.2, 0.25) is 5.71 Å². The minimum absolute atomic E-state index is 0.0922. The molecule has 0 aliphatic heterocycles. The summed E-state index contributed by atoms with van der Waals surface area (Å²) in [5, 5.41) is 2.72. The molecule has 0 saturated carbocycles. The number of amides is 2. The van der Waals surface area contributed by atoms with Crippen molar-refractivity contribution >= 4 is 28.6 Å². The van der Waals surface area contributed by atoms with Crippen molar-refractivity contribution in [2.45, 2.75) is 20.4 Å². The second-order valence-electron chi connectivity index (χ2n) is 5.41. The van der Waals surface area contributed by atoms with E-state index in [-0.39, 0.29) is 39.2 Å². The number of fused-ring (bicyclic) bond motifs is 1. The molecule has 0 saturated heterocycles. The maximum atomic E-state index is 12.7. The quantitative estimate of drug-likeness (QED) is 0.748. The van der Waals surface area contributed by atoms with Crippen LogP contribution in [0.2, 0.25) is 0 Å². The molecule has 128 valence electrons. The van der Waals surface area contributed by atoms with E-state index in [0.717, 1.165) is 0 Å². The Morgan fingerprint density at radius 1 is 1.32 bits per heavy atom. The molecule has 2 amide bonds. The number of rotatable bonds is 4. The summed E-state index contributed by atoms with van der Waals surface area (Å²) in [6.45, 7) is 3.79. The summed E-state index contributed by atoms with van der Waals surface area (Å²) in [6, 6.07) is 6.36. The van der Waals surface area contributed by atoms with Crippen LogP contribution >= 0.6 is 0 Å². The van der Waals surface area contributed by atoms with Gasteiger partial charge < -0.3 is 15.5 Å². The number of hydrogen-bond donors (Lipinski definition) is 2. The minimum atomic E-state index is -0.667. The van der Waals surface area contributed by atoms with Crippen molar-refractivity contribution in [3.8, 4) is 0 Å². The second-order valence-corrected chi connectivity index (χ2v) is 5.41. The number of hydrogen-bond acceptors (Lipinski definition) is 5. The summed E-state index contributed by atoms with van der Waals surface area (Å²) in [4.78, 5) is 40.8. The normalized spacial score (nSPS) is 10.8. The lowest BCUT2D eigenvalue weighted by molar-refractivity contribution is 0.100. The molecule has 0 spiro atoms. The van der Waals surface area contributed by atoms with Crippen LogP contribution in [0.4, 0.5) is 5.69 Å². The molecule has 0 atom stereocenters. The second kappa shape index (κ2) is 6.23. The van der Waals surface area contributed by atoms with Crippen LogP contribution in [0.1, 0.15) is 33.4 Å². The summed E-state index contributed by atoms with van der Waals surface area (Å²) >= 11 is 0. The van der Waals surface area contributed by atoms with Crippen molar-refractivity contribution in [1.29, 1.82) is 0 Å². The number of para-hydroxylation sites is 1. The summed E-state index contributed by atoms with van der Waals surface area (Å²) in [5.41, 5.74) is 5.58. The van der Waals surface area contributed by atoms with Crippen LogP contribution < -0.4 is 16.6 Å². The highest BCUT2D eigenvalue weighted by molar-refractivity contribution is 6.14. The Labute approximate surface area is 142 Å². The third-order valence-corrected chi connectivity index (χ3v) is 3.86. The summed E-state index contributed by atoms with van der Waals surface area (Å²) in [6.07, 6.45) is 1.37. The van der Waals surface area contributed by atoms with Crippen molar-refractivity contribution in [1.82, 2.24) is 9.55 Å². The molecule has 2 heterocycles. The van der Waals surface area contributed by atoms with E-state index >= 15 is 0 Å². The van der Waals surface area contributed by atoms with Gasteiger partial charge in [-0.25, -0.2) is 4.98 Å². The van der Waals surface area contributed by atoms with Gasteiger partial charge in [0.25, 0.3) is 17.4 Å². The number of aromatic nitrogens is 2. The highest BCUT2D eigenvalue weighted by atomic mass is 16.3. The van der Waals surface area contributed by atoms with E-state index in [1.807, 2.05) is 0 Å². The van der Waals surface area contributed by atoms with Gasteiger partial charge in [0, 0.05) is 6.54 Å². The van der Waals surface area contributed by atoms with E-state index in [0.29, 0.717) is 6.54 Å². The standard InChI is InChI=1S/C17H16N4O4/c1-3-21-8-19-16-13(17(21)24)12(9(2)25-16)15(23)20-11-7-5-4-6-10(11)14(18)22/h4-8H,3H2,1-2H3,(H2,18,22)(H,20,23). The SMILES string of the molecule is CCn1cnc2oc(C)c(C(=O)Nc3ccccc3C(N)=O)c2c1=O.